The Morgan fingerprint density at radius 3 is 2.79 bits per heavy atom. The van der Waals surface area contributed by atoms with Gasteiger partial charge in [0.25, 0.3) is 0 Å². The van der Waals surface area contributed by atoms with Crippen LogP contribution in [0.5, 0.6) is 0 Å². The highest BCUT2D eigenvalue weighted by molar-refractivity contribution is 9.10. The van der Waals surface area contributed by atoms with Crippen molar-refractivity contribution >= 4 is 21.6 Å². The number of hydrogen-bond donors (Lipinski definition) is 1. The second kappa shape index (κ2) is 5.84. The van der Waals surface area contributed by atoms with Crippen LogP contribution in [0.25, 0.3) is 0 Å². The molecule has 2 aliphatic rings. The van der Waals surface area contributed by atoms with Crippen LogP contribution in [0, 0.1) is 5.92 Å². The number of nitrogens with zero attached hydrogens (tertiary/aromatic N) is 1. The van der Waals surface area contributed by atoms with Gasteiger partial charge in [0.15, 0.2) is 0 Å². The molecule has 0 unspecified atom stereocenters. The molecule has 1 aromatic carbocycles. The third kappa shape index (κ3) is 2.97. The first kappa shape index (κ1) is 13.4. The molecule has 0 bridgehead atoms. The third-order valence-electron chi connectivity index (χ3n) is 4.80. The fraction of sp³-hybridized carbons (Fsp3) is 0.625. The third-order valence-corrected chi connectivity index (χ3v) is 5.53. The zero-order valence-electron chi connectivity index (χ0n) is 11.4. The van der Waals surface area contributed by atoms with E-state index in [9.17, 15) is 0 Å². The number of anilines is 1. The molecule has 1 saturated heterocycles. The van der Waals surface area contributed by atoms with Crippen LogP contribution in [0.3, 0.4) is 0 Å². The molecule has 104 valence electrons. The molecule has 0 spiro atoms. The lowest BCUT2D eigenvalue weighted by Crippen LogP contribution is -2.46. The summed E-state index contributed by atoms with van der Waals surface area (Å²) >= 11 is 3.47. The van der Waals surface area contributed by atoms with Crippen LogP contribution in [0.4, 0.5) is 5.69 Å². The Bertz CT molecular complexity index is 444. The van der Waals surface area contributed by atoms with Crippen LogP contribution in [0.1, 0.15) is 44.1 Å². The highest BCUT2D eigenvalue weighted by Gasteiger charge is 2.32. The smallest absolute Gasteiger partial charge is 0.0461 e. The van der Waals surface area contributed by atoms with E-state index in [1.807, 2.05) is 0 Å². The number of benzene rings is 1. The van der Waals surface area contributed by atoms with Gasteiger partial charge in [-0.1, -0.05) is 18.9 Å². The summed E-state index contributed by atoms with van der Waals surface area (Å²) in [6, 6.07) is 7.23. The van der Waals surface area contributed by atoms with Crippen molar-refractivity contribution in [2.75, 3.05) is 12.3 Å². The fourth-order valence-corrected chi connectivity index (χ4v) is 4.10. The van der Waals surface area contributed by atoms with Gasteiger partial charge in [-0.3, -0.25) is 4.90 Å². The topological polar surface area (TPSA) is 29.3 Å². The standard InChI is InChI=1S/C16H23BrN2/c17-14-8-7-12(10-15(14)18)11-19-9-3-5-13-4-1-2-6-16(13)19/h7-8,10,13,16H,1-6,9,11,18H2/t13-,16-/m1/s1. The summed E-state index contributed by atoms with van der Waals surface area (Å²) < 4.78 is 1.01. The van der Waals surface area contributed by atoms with Crippen molar-refractivity contribution in [3.05, 3.63) is 28.2 Å². The number of hydrogen-bond acceptors (Lipinski definition) is 2. The SMILES string of the molecule is Nc1cc(CN2CCC[C@H]3CCCC[C@H]32)ccc1Br. The molecule has 2 nitrogen and oxygen atoms in total. The van der Waals surface area contributed by atoms with E-state index in [-0.39, 0.29) is 0 Å². The number of nitrogen functional groups attached to an aromatic ring is 1. The van der Waals surface area contributed by atoms with Crippen LogP contribution >= 0.6 is 15.9 Å². The van der Waals surface area contributed by atoms with Gasteiger partial charge in [-0.2, -0.15) is 0 Å². The van der Waals surface area contributed by atoms with Crippen molar-refractivity contribution in [3.63, 3.8) is 0 Å². The number of rotatable bonds is 2. The van der Waals surface area contributed by atoms with Crippen LogP contribution in [-0.2, 0) is 6.54 Å². The maximum Gasteiger partial charge on any atom is 0.0461 e. The van der Waals surface area contributed by atoms with Gasteiger partial charge in [-0.05, 0) is 71.8 Å². The predicted molar refractivity (Wildman–Crippen MR) is 83.9 cm³/mol. The Balaban J connectivity index is 1.72. The van der Waals surface area contributed by atoms with Gasteiger partial charge in [0.1, 0.15) is 0 Å². The molecule has 2 fully saturated rings. The Morgan fingerprint density at radius 2 is 1.95 bits per heavy atom. The van der Waals surface area contributed by atoms with Gasteiger partial charge in [-0.25, -0.2) is 0 Å². The minimum absolute atomic E-state index is 0.826. The second-order valence-electron chi connectivity index (χ2n) is 6.08. The van der Waals surface area contributed by atoms with E-state index in [1.54, 1.807) is 0 Å². The van der Waals surface area contributed by atoms with Crippen molar-refractivity contribution in [1.82, 2.24) is 4.90 Å². The Morgan fingerprint density at radius 1 is 1.16 bits per heavy atom. The number of piperidine rings is 1. The van der Waals surface area contributed by atoms with Crippen LogP contribution in [-0.4, -0.2) is 17.5 Å². The van der Waals surface area contributed by atoms with E-state index in [1.165, 1.54) is 50.6 Å². The summed E-state index contributed by atoms with van der Waals surface area (Å²) in [5.74, 6) is 0.954. The monoisotopic (exact) mass is 322 g/mol. The quantitative estimate of drug-likeness (QED) is 0.827. The van der Waals surface area contributed by atoms with Gasteiger partial charge in [0.05, 0.1) is 0 Å². The maximum atomic E-state index is 5.99. The first-order valence-corrected chi connectivity index (χ1v) is 8.31. The molecule has 3 rings (SSSR count). The highest BCUT2D eigenvalue weighted by atomic mass is 79.9. The van der Waals surface area contributed by atoms with Crippen LogP contribution in [0.15, 0.2) is 22.7 Å². The number of nitrogens with two attached hydrogens (primary N) is 1. The maximum absolute atomic E-state index is 5.99. The van der Waals surface area contributed by atoms with Crippen LogP contribution in [0.2, 0.25) is 0 Å². The molecule has 0 radical (unpaired) electrons. The molecular weight excluding hydrogens is 300 g/mol. The minimum atomic E-state index is 0.826. The second-order valence-corrected chi connectivity index (χ2v) is 6.93. The van der Waals surface area contributed by atoms with Crippen molar-refractivity contribution in [2.24, 2.45) is 5.92 Å². The summed E-state index contributed by atoms with van der Waals surface area (Å²) in [6.07, 6.45) is 8.53. The average Bonchev–Trinajstić information content (AvgIpc) is 2.43. The molecule has 19 heavy (non-hydrogen) atoms. The molecule has 1 saturated carbocycles. The minimum Gasteiger partial charge on any atom is -0.398 e. The predicted octanol–water partition coefficient (Wildman–Crippen LogP) is 4.19. The van der Waals surface area contributed by atoms with Gasteiger partial charge in [0, 0.05) is 22.7 Å². The molecule has 1 aliphatic carbocycles. The molecule has 3 heteroatoms. The Kier molecular flexibility index (Phi) is 4.13. The van der Waals surface area contributed by atoms with E-state index >= 15 is 0 Å². The lowest BCUT2D eigenvalue weighted by molar-refractivity contribution is 0.0547. The van der Waals surface area contributed by atoms with Crippen LogP contribution < -0.4 is 5.73 Å². The van der Waals surface area contributed by atoms with E-state index < -0.39 is 0 Å². The van der Waals surface area contributed by atoms with Crippen molar-refractivity contribution in [1.29, 1.82) is 0 Å². The number of halogens is 1. The molecule has 1 aliphatic heterocycles. The Labute approximate surface area is 124 Å². The molecule has 0 aromatic heterocycles. The number of fused-ring (bicyclic) bond motifs is 1. The number of likely N-dealkylation sites (tertiary alicyclic amines) is 1. The largest absolute Gasteiger partial charge is 0.398 e. The fourth-order valence-electron chi connectivity index (χ4n) is 3.85. The molecule has 1 aromatic rings. The van der Waals surface area contributed by atoms with E-state index in [2.05, 4.69) is 39.0 Å². The summed E-state index contributed by atoms with van der Waals surface area (Å²) in [5.41, 5.74) is 8.20. The molecule has 2 atom stereocenters. The van der Waals surface area contributed by atoms with E-state index in [4.69, 9.17) is 5.73 Å². The van der Waals surface area contributed by atoms with Crippen molar-refractivity contribution in [3.8, 4) is 0 Å². The van der Waals surface area contributed by atoms with E-state index in [0.29, 0.717) is 0 Å². The zero-order valence-corrected chi connectivity index (χ0v) is 13.0. The van der Waals surface area contributed by atoms with Crippen molar-refractivity contribution in [2.45, 2.75) is 51.1 Å². The first-order chi connectivity index (χ1) is 9.24. The summed E-state index contributed by atoms with van der Waals surface area (Å²) in [4.78, 5) is 2.70. The lowest BCUT2D eigenvalue weighted by atomic mass is 9.78. The molecule has 0 amide bonds. The van der Waals surface area contributed by atoms with E-state index in [0.717, 1.165) is 28.7 Å². The molecule has 1 heterocycles. The molecule has 2 N–H and O–H groups in total. The van der Waals surface area contributed by atoms with Gasteiger partial charge < -0.3 is 5.73 Å². The zero-order chi connectivity index (χ0) is 13.2. The normalized spacial score (nSPS) is 28.1. The summed E-state index contributed by atoms with van der Waals surface area (Å²) in [6.45, 7) is 2.33. The highest BCUT2D eigenvalue weighted by Crippen LogP contribution is 2.36. The van der Waals surface area contributed by atoms with Gasteiger partial charge in [-0.15, -0.1) is 0 Å². The summed E-state index contributed by atoms with van der Waals surface area (Å²) in [7, 11) is 0. The van der Waals surface area contributed by atoms with Crippen molar-refractivity contribution < 1.29 is 0 Å². The average molecular weight is 323 g/mol. The molecular formula is C16H23BrN2. The first-order valence-electron chi connectivity index (χ1n) is 7.52. The van der Waals surface area contributed by atoms with Gasteiger partial charge in [0.2, 0.25) is 0 Å². The van der Waals surface area contributed by atoms with Gasteiger partial charge >= 0.3 is 0 Å². The summed E-state index contributed by atoms with van der Waals surface area (Å²) in [5, 5.41) is 0. The Hall–Kier alpha value is -0.540. The lowest BCUT2D eigenvalue weighted by Gasteiger charge is -2.44.